The molecule has 1 amide bonds. The standard InChI is InChI=1S/C24H32N4O.2ClH/c29-24(15-20-5-3-19(4-6-20)14-21-7-11-26-16-21)27-23-8-12-28(13-9-23)18-22-2-1-10-25-17-22;;/h1-6,10,17,21,23,26H,7-9,11-16,18H2,(H,27,29);2*1H. The number of amides is 1. The summed E-state index contributed by atoms with van der Waals surface area (Å²) in [6, 6.07) is 13.0. The lowest BCUT2D eigenvalue weighted by Crippen LogP contribution is -2.44. The molecule has 1 aromatic heterocycles. The summed E-state index contributed by atoms with van der Waals surface area (Å²) in [4.78, 5) is 19.1. The average molecular weight is 465 g/mol. The second-order valence-corrected chi connectivity index (χ2v) is 8.54. The lowest BCUT2D eigenvalue weighted by molar-refractivity contribution is -0.121. The van der Waals surface area contributed by atoms with Crippen molar-refractivity contribution in [2.24, 2.45) is 5.92 Å². The van der Waals surface area contributed by atoms with Crippen molar-refractivity contribution in [3.8, 4) is 0 Å². The Morgan fingerprint density at radius 3 is 2.42 bits per heavy atom. The number of hydrogen-bond acceptors (Lipinski definition) is 4. The lowest BCUT2D eigenvalue weighted by Gasteiger charge is -2.32. The summed E-state index contributed by atoms with van der Waals surface area (Å²) in [7, 11) is 0. The predicted molar refractivity (Wildman–Crippen MR) is 130 cm³/mol. The minimum atomic E-state index is 0. The van der Waals surface area contributed by atoms with E-state index in [1.54, 1.807) is 0 Å². The number of aromatic nitrogens is 1. The highest BCUT2D eigenvalue weighted by atomic mass is 35.5. The van der Waals surface area contributed by atoms with E-state index < -0.39 is 0 Å². The molecule has 2 aromatic rings. The summed E-state index contributed by atoms with van der Waals surface area (Å²) < 4.78 is 0. The molecule has 0 bridgehead atoms. The Labute approximate surface area is 198 Å². The van der Waals surface area contributed by atoms with E-state index in [2.05, 4.69) is 50.8 Å². The molecule has 5 nitrogen and oxygen atoms in total. The molecule has 1 atom stereocenters. The average Bonchev–Trinajstić information content (AvgIpc) is 3.25. The van der Waals surface area contributed by atoms with E-state index in [1.165, 1.54) is 17.5 Å². The summed E-state index contributed by atoms with van der Waals surface area (Å²) in [5.74, 6) is 0.900. The summed E-state index contributed by atoms with van der Waals surface area (Å²) in [6.45, 7) is 5.25. The van der Waals surface area contributed by atoms with Crippen molar-refractivity contribution in [1.82, 2.24) is 20.5 Å². The minimum Gasteiger partial charge on any atom is -0.353 e. The molecule has 2 fully saturated rings. The molecule has 170 valence electrons. The van der Waals surface area contributed by atoms with Gasteiger partial charge in [0, 0.05) is 38.1 Å². The van der Waals surface area contributed by atoms with E-state index in [1.807, 2.05) is 18.5 Å². The molecule has 2 N–H and O–H groups in total. The second-order valence-electron chi connectivity index (χ2n) is 8.54. The molecule has 2 saturated heterocycles. The fourth-order valence-corrected chi connectivity index (χ4v) is 4.46. The Kier molecular flexibility index (Phi) is 10.7. The topological polar surface area (TPSA) is 57.3 Å². The molecule has 0 spiro atoms. The molecule has 3 heterocycles. The van der Waals surface area contributed by atoms with Crippen molar-refractivity contribution in [1.29, 1.82) is 0 Å². The van der Waals surface area contributed by atoms with Gasteiger partial charge in [-0.3, -0.25) is 14.7 Å². The number of halogens is 2. The smallest absolute Gasteiger partial charge is 0.224 e. The molecule has 31 heavy (non-hydrogen) atoms. The third kappa shape index (κ3) is 8.08. The van der Waals surface area contributed by atoms with Gasteiger partial charge >= 0.3 is 0 Å². The van der Waals surface area contributed by atoms with E-state index in [0.717, 1.165) is 63.5 Å². The quantitative estimate of drug-likeness (QED) is 0.658. The minimum absolute atomic E-state index is 0. The number of benzene rings is 1. The molecule has 7 heteroatoms. The van der Waals surface area contributed by atoms with Crippen molar-refractivity contribution in [3.63, 3.8) is 0 Å². The molecule has 1 aromatic carbocycles. The number of carbonyl (C=O) groups is 1. The van der Waals surface area contributed by atoms with Gasteiger partial charge < -0.3 is 10.6 Å². The summed E-state index contributed by atoms with van der Waals surface area (Å²) in [5.41, 5.74) is 3.73. The number of nitrogens with zero attached hydrogens (tertiary/aromatic N) is 2. The fraction of sp³-hybridized carbons (Fsp3) is 0.500. The second kappa shape index (κ2) is 13.0. The van der Waals surface area contributed by atoms with Crippen LogP contribution in [0.15, 0.2) is 48.8 Å². The van der Waals surface area contributed by atoms with Crippen LogP contribution in [0.1, 0.15) is 36.0 Å². The van der Waals surface area contributed by atoms with Crippen LogP contribution < -0.4 is 10.6 Å². The maximum atomic E-state index is 12.5. The SMILES string of the molecule is Cl.Cl.O=C(Cc1ccc(CC2CCNC2)cc1)NC1CCN(Cc2cccnc2)CC1. The zero-order valence-electron chi connectivity index (χ0n) is 18.0. The third-order valence-electron chi connectivity index (χ3n) is 6.16. The maximum absolute atomic E-state index is 12.5. The maximum Gasteiger partial charge on any atom is 0.224 e. The van der Waals surface area contributed by atoms with Gasteiger partial charge in [-0.1, -0.05) is 30.3 Å². The van der Waals surface area contributed by atoms with Crippen LogP contribution in [0.4, 0.5) is 0 Å². The monoisotopic (exact) mass is 464 g/mol. The number of piperidine rings is 1. The van der Waals surface area contributed by atoms with Crippen molar-refractivity contribution < 1.29 is 4.79 Å². The molecular formula is C24H34Cl2N4O. The highest BCUT2D eigenvalue weighted by molar-refractivity contribution is 5.85. The van der Waals surface area contributed by atoms with Gasteiger partial charge in [0.25, 0.3) is 0 Å². The zero-order chi connectivity index (χ0) is 19.9. The van der Waals surface area contributed by atoms with Gasteiger partial charge in [-0.05, 0) is 67.4 Å². The number of hydrogen-bond donors (Lipinski definition) is 2. The van der Waals surface area contributed by atoms with Gasteiger partial charge in [-0.2, -0.15) is 0 Å². The number of likely N-dealkylation sites (tertiary alicyclic amines) is 1. The Bertz CT molecular complexity index is 774. The summed E-state index contributed by atoms with van der Waals surface area (Å²) >= 11 is 0. The van der Waals surface area contributed by atoms with E-state index >= 15 is 0 Å². The van der Waals surface area contributed by atoms with E-state index in [4.69, 9.17) is 0 Å². The number of carbonyl (C=O) groups excluding carboxylic acids is 1. The molecule has 1 unspecified atom stereocenters. The first-order valence-electron chi connectivity index (χ1n) is 10.9. The van der Waals surface area contributed by atoms with Gasteiger partial charge in [-0.25, -0.2) is 0 Å². The largest absolute Gasteiger partial charge is 0.353 e. The van der Waals surface area contributed by atoms with Gasteiger partial charge in [0.1, 0.15) is 0 Å². The van der Waals surface area contributed by atoms with Crippen LogP contribution in [0.25, 0.3) is 0 Å². The molecule has 0 saturated carbocycles. The summed E-state index contributed by atoms with van der Waals surface area (Å²) in [5, 5.41) is 6.66. The number of pyridine rings is 1. The fourth-order valence-electron chi connectivity index (χ4n) is 4.46. The van der Waals surface area contributed by atoms with Crippen LogP contribution in [0.2, 0.25) is 0 Å². The van der Waals surface area contributed by atoms with E-state index in [9.17, 15) is 4.79 Å². The molecule has 0 aliphatic carbocycles. The summed E-state index contributed by atoms with van der Waals surface area (Å²) in [6.07, 6.45) is 8.65. The normalized spacial score (nSPS) is 19.3. The highest BCUT2D eigenvalue weighted by Gasteiger charge is 2.21. The van der Waals surface area contributed by atoms with Gasteiger partial charge in [0.05, 0.1) is 6.42 Å². The van der Waals surface area contributed by atoms with Crippen molar-refractivity contribution in [2.45, 2.75) is 44.7 Å². The predicted octanol–water partition coefficient (Wildman–Crippen LogP) is 3.40. The van der Waals surface area contributed by atoms with E-state index in [-0.39, 0.29) is 30.7 Å². The first-order chi connectivity index (χ1) is 14.2. The Morgan fingerprint density at radius 1 is 1.03 bits per heavy atom. The van der Waals surface area contributed by atoms with Crippen molar-refractivity contribution >= 4 is 30.7 Å². The van der Waals surface area contributed by atoms with Crippen LogP contribution in [0.3, 0.4) is 0 Å². The first kappa shape index (κ1) is 25.6. The first-order valence-corrected chi connectivity index (χ1v) is 10.9. The zero-order valence-corrected chi connectivity index (χ0v) is 19.6. The third-order valence-corrected chi connectivity index (χ3v) is 6.16. The number of nitrogens with one attached hydrogen (secondary N) is 2. The Hall–Kier alpha value is -1.66. The lowest BCUT2D eigenvalue weighted by atomic mass is 9.97. The molecular weight excluding hydrogens is 431 g/mol. The van der Waals surface area contributed by atoms with Gasteiger partial charge in [0.2, 0.25) is 5.91 Å². The van der Waals surface area contributed by atoms with Crippen LogP contribution in [0.5, 0.6) is 0 Å². The molecule has 0 radical (unpaired) electrons. The van der Waals surface area contributed by atoms with Crippen LogP contribution in [0, 0.1) is 5.92 Å². The van der Waals surface area contributed by atoms with Gasteiger partial charge in [-0.15, -0.1) is 24.8 Å². The number of rotatable bonds is 7. The van der Waals surface area contributed by atoms with Crippen molar-refractivity contribution in [2.75, 3.05) is 26.2 Å². The van der Waals surface area contributed by atoms with Crippen molar-refractivity contribution in [3.05, 3.63) is 65.5 Å². The van der Waals surface area contributed by atoms with Crippen LogP contribution in [-0.2, 0) is 24.2 Å². The van der Waals surface area contributed by atoms with Gasteiger partial charge in [0.15, 0.2) is 0 Å². The Balaban J connectivity index is 0.00000171. The van der Waals surface area contributed by atoms with E-state index in [0.29, 0.717) is 12.5 Å². The molecule has 4 rings (SSSR count). The van der Waals surface area contributed by atoms with Crippen LogP contribution in [-0.4, -0.2) is 48.0 Å². The van der Waals surface area contributed by atoms with Crippen LogP contribution >= 0.6 is 24.8 Å². The Morgan fingerprint density at radius 2 is 1.77 bits per heavy atom. The molecule has 2 aliphatic rings. The highest BCUT2D eigenvalue weighted by Crippen LogP contribution is 2.17. The molecule has 2 aliphatic heterocycles.